The predicted molar refractivity (Wildman–Crippen MR) is 111 cm³/mol. The summed E-state index contributed by atoms with van der Waals surface area (Å²) >= 11 is 1.37. The number of para-hydroxylation sites is 1. The SMILES string of the molecule is CC(Sc1nnc2n(C)c(=O)c3ccccc3n12)C(=O)NC1CCCCCC1. The number of carbonyl (C=O) groups is 1. The van der Waals surface area contributed by atoms with E-state index in [4.69, 9.17) is 0 Å². The number of amides is 1. The topological polar surface area (TPSA) is 81.3 Å². The zero-order chi connectivity index (χ0) is 19.7. The van der Waals surface area contributed by atoms with Crippen LogP contribution in [0.25, 0.3) is 16.7 Å². The fraction of sp³-hybridized carbons (Fsp3) is 0.500. The van der Waals surface area contributed by atoms with Gasteiger partial charge in [0.15, 0.2) is 5.16 Å². The molecule has 1 aliphatic rings. The first-order valence-electron chi connectivity index (χ1n) is 9.86. The minimum absolute atomic E-state index is 0.0303. The number of benzene rings is 1. The highest BCUT2D eigenvalue weighted by atomic mass is 32.2. The molecular formula is C20H25N5O2S. The van der Waals surface area contributed by atoms with Crippen molar-refractivity contribution in [2.75, 3.05) is 0 Å². The second kappa shape index (κ2) is 7.95. The molecule has 148 valence electrons. The summed E-state index contributed by atoms with van der Waals surface area (Å²) < 4.78 is 3.35. The lowest BCUT2D eigenvalue weighted by Gasteiger charge is -2.19. The van der Waals surface area contributed by atoms with Crippen LogP contribution in [0.4, 0.5) is 0 Å². The van der Waals surface area contributed by atoms with Crippen molar-refractivity contribution in [3.8, 4) is 0 Å². The van der Waals surface area contributed by atoms with Gasteiger partial charge < -0.3 is 5.32 Å². The summed E-state index contributed by atoms with van der Waals surface area (Å²) in [5, 5.41) is 12.6. The molecule has 0 spiro atoms. The third kappa shape index (κ3) is 3.53. The molecule has 1 unspecified atom stereocenters. The summed E-state index contributed by atoms with van der Waals surface area (Å²) in [6.07, 6.45) is 7.00. The van der Waals surface area contributed by atoms with Crippen molar-refractivity contribution in [3.05, 3.63) is 34.6 Å². The molecule has 1 amide bonds. The fourth-order valence-electron chi connectivity index (χ4n) is 3.84. The van der Waals surface area contributed by atoms with E-state index in [1.807, 2.05) is 29.5 Å². The standard InChI is InChI=1S/C20H25N5O2S/c1-13(17(26)21-14-9-5-3-4-6-10-14)28-20-23-22-19-24(2)18(27)15-11-7-8-12-16(15)25(19)20/h7-8,11-14H,3-6,9-10H2,1-2H3,(H,21,26). The second-order valence-electron chi connectivity index (χ2n) is 7.46. The van der Waals surface area contributed by atoms with Crippen LogP contribution in [0.5, 0.6) is 0 Å². The van der Waals surface area contributed by atoms with Crippen LogP contribution in [0.1, 0.15) is 45.4 Å². The molecule has 3 aromatic rings. The molecule has 1 fully saturated rings. The summed E-state index contributed by atoms with van der Waals surface area (Å²) in [7, 11) is 1.69. The van der Waals surface area contributed by atoms with Crippen molar-refractivity contribution in [2.45, 2.75) is 61.9 Å². The number of aryl methyl sites for hydroxylation is 1. The third-order valence-corrected chi connectivity index (χ3v) is 6.49. The van der Waals surface area contributed by atoms with Gasteiger partial charge in [-0.3, -0.25) is 18.6 Å². The van der Waals surface area contributed by atoms with E-state index in [0.717, 1.165) is 18.4 Å². The maximum Gasteiger partial charge on any atom is 0.262 e. The van der Waals surface area contributed by atoms with Gasteiger partial charge in [-0.1, -0.05) is 49.6 Å². The summed E-state index contributed by atoms with van der Waals surface area (Å²) in [5.74, 6) is 0.505. The molecule has 0 bridgehead atoms. The van der Waals surface area contributed by atoms with E-state index in [1.165, 1.54) is 42.0 Å². The Morgan fingerprint density at radius 2 is 1.89 bits per heavy atom. The Balaban J connectivity index is 1.61. The van der Waals surface area contributed by atoms with E-state index >= 15 is 0 Å². The average Bonchev–Trinajstić information content (AvgIpc) is 2.94. The number of rotatable bonds is 4. The molecule has 7 nitrogen and oxygen atoms in total. The van der Waals surface area contributed by atoms with Crippen LogP contribution < -0.4 is 10.9 Å². The molecule has 2 heterocycles. The Kier molecular flexibility index (Phi) is 5.39. The molecule has 1 atom stereocenters. The highest BCUT2D eigenvalue weighted by molar-refractivity contribution is 8.00. The normalized spacial score (nSPS) is 16.9. The van der Waals surface area contributed by atoms with Crippen LogP contribution in [-0.4, -0.2) is 36.4 Å². The highest BCUT2D eigenvalue weighted by Crippen LogP contribution is 2.25. The Labute approximate surface area is 167 Å². The molecule has 1 N–H and O–H groups in total. The first-order valence-corrected chi connectivity index (χ1v) is 10.7. The molecule has 1 saturated carbocycles. The highest BCUT2D eigenvalue weighted by Gasteiger charge is 2.23. The molecule has 0 saturated heterocycles. The monoisotopic (exact) mass is 399 g/mol. The van der Waals surface area contributed by atoms with Gasteiger partial charge >= 0.3 is 0 Å². The molecule has 1 aromatic carbocycles. The molecule has 1 aliphatic carbocycles. The Hall–Kier alpha value is -2.35. The van der Waals surface area contributed by atoms with E-state index in [2.05, 4.69) is 15.5 Å². The van der Waals surface area contributed by atoms with Crippen molar-refractivity contribution in [1.29, 1.82) is 0 Å². The second-order valence-corrected chi connectivity index (χ2v) is 8.76. The van der Waals surface area contributed by atoms with Crippen molar-refractivity contribution < 1.29 is 4.79 Å². The molecule has 2 aromatic heterocycles. The van der Waals surface area contributed by atoms with Crippen LogP contribution in [0.3, 0.4) is 0 Å². The predicted octanol–water partition coefficient (Wildman–Crippen LogP) is 2.90. The van der Waals surface area contributed by atoms with Gasteiger partial charge in [-0.15, -0.1) is 10.2 Å². The molecule has 0 aliphatic heterocycles. The third-order valence-electron chi connectivity index (χ3n) is 5.45. The van der Waals surface area contributed by atoms with Gasteiger partial charge in [0, 0.05) is 13.1 Å². The van der Waals surface area contributed by atoms with E-state index < -0.39 is 0 Å². The lowest BCUT2D eigenvalue weighted by atomic mass is 10.1. The number of hydrogen-bond acceptors (Lipinski definition) is 5. The lowest BCUT2D eigenvalue weighted by molar-refractivity contribution is -0.121. The van der Waals surface area contributed by atoms with Gasteiger partial charge in [-0.25, -0.2) is 0 Å². The van der Waals surface area contributed by atoms with Gasteiger partial charge in [-0.05, 0) is 31.9 Å². The number of nitrogens with zero attached hydrogens (tertiary/aromatic N) is 4. The number of thioether (sulfide) groups is 1. The van der Waals surface area contributed by atoms with Crippen molar-refractivity contribution in [1.82, 2.24) is 24.5 Å². The fourth-order valence-corrected chi connectivity index (χ4v) is 4.71. The summed E-state index contributed by atoms with van der Waals surface area (Å²) in [4.78, 5) is 25.3. The van der Waals surface area contributed by atoms with Crippen molar-refractivity contribution >= 4 is 34.3 Å². The smallest absolute Gasteiger partial charge is 0.262 e. The van der Waals surface area contributed by atoms with Gasteiger partial charge in [0.25, 0.3) is 5.56 Å². The summed E-state index contributed by atoms with van der Waals surface area (Å²) in [6.45, 7) is 1.89. The van der Waals surface area contributed by atoms with Crippen LogP contribution in [-0.2, 0) is 11.8 Å². The van der Waals surface area contributed by atoms with Crippen LogP contribution in [0.15, 0.2) is 34.2 Å². The van der Waals surface area contributed by atoms with Crippen LogP contribution in [0, 0.1) is 0 Å². The minimum Gasteiger partial charge on any atom is -0.352 e. The molecule has 0 radical (unpaired) electrons. The molecule has 4 rings (SSSR count). The quantitative estimate of drug-likeness (QED) is 0.539. The lowest BCUT2D eigenvalue weighted by Crippen LogP contribution is -2.39. The van der Waals surface area contributed by atoms with Crippen LogP contribution in [0.2, 0.25) is 0 Å². The number of nitrogens with one attached hydrogen (secondary N) is 1. The van der Waals surface area contributed by atoms with Crippen LogP contribution >= 0.6 is 11.8 Å². The number of aromatic nitrogens is 4. The first kappa shape index (κ1) is 19.0. The van der Waals surface area contributed by atoms with Crippen molar-refractivity contribution in [2.24, 2.45) is 7.05 Å². The van der Waals surface area contributed by atoms with Gasteiger partial charge in [0.2, 0.25) is 11.7 Å². The Morgan fingerprint density at radius 1 is 1.18 bits per heavy atom. The van der Waals surface area contributed by atoms with Gasteiger partial charge in [-0.2, -0.15) is 0 Å². The maximum absolute atomic E-state index is 12.7. The maximum atomic E-state index is 12.7. The Bertz CT molecular complexity index is 1070. The van der Waals surface area contributed by atoms with E-state index in [1.54, 1.807) is 13.1 Å². The van der Waals surface area contributed by atoms with E-state index in [9.17, 15) is 9.59 Å². The van der Waals surface area contributed by atoms with Gasteiger partial charge in [0.1, 0.15) is 0 Å². The largest absolute Gasteiger partial charge is 0.352 e. The molecular weight excluding hydrogens is 374 g/mol. The van der Waals surface area contributed by atoms with E-state index in [-0.39, 0.29) is 22.8 Å². The summed E-state index contributed by atoms with van der Waals surface area (Å²) in [6, 6.07) is 7.68. The average molecular weight is 400 g/mol. The first-order chi connectivity index (χ1) is 13.6. The van der Waals surface area contributed by atoms with Crippen molar-refractivity contribution in [3.63, 3.8) is 0 Å². The summed E-state index contributed by atoms with van der Waals surface area (Å²) in [5.41, 5.74) is 0.649. The number of hydrogen-bond donors (Lipinski definition) is 1. The zero-order valence-corrected chi connectivity index (χ0v) is 17.0. The molecule has 8 heteroatoms. The minimum atomic E-state index is -0.299. The Morgan fingerprint density at radius 3 is 2.64 bits per heavy atom. The number of carbonyl (C=O) groups excluding carboxylic acids is 1. The van der Waals surface area contributed by atoms with E-state index in [0.29, 0.717) is 16.3 Å². The molecule has 28 heavy (non-hydrogen) atoms. The van der Waals surface area contributed by atoms with Gasteiger partial charge in [0.05, 0.1) is 16.2 Å². The zero-order valence-electron chi connectivity index (χ0n) is 16.2. The number of fused-ring (bicyclic) bond motifs is 3.